The smallest absolute Gasteiger partial charge is 0.350 e. The van der Waals surface area contributed by atoms with Gasteiger partial charge in [0, 0.05) is 41.5 Å². The van der Waals surface area contributed by atoms with Crippen LogP contribution >= 0.6 is 11.6 Å². The maximum absolute atomic E-state index is 14.2. The average Bonchev–Trinajstić information content (AvgIpc) is 2.99. The lowest BCUT2D eigenvalue weighted by molar-refractivity contribution is -0.126. The first kappa shape index (κ1) is 23.4. The van der Waals surface area contributed by atoms with Crippen LogP contribution in [0.3, 0.4) is 0 Å². The van der Waals surface area contributed by atoms with Gasteiger partial charge in [0.05, 0.1) is 28.9 Å². The molecular weight excluding hydrogens is 536 g/mol. The van der Waals surface area contributed by atoms with Gasteiger partial charge in [0.15, 0.2) is 5.65 Å². The molecule has 1 amide bonds. The van der Waals surface area contributed by atoms with Crippen molar-refractivity contribution >= 4 is 40.4 Å². The second-order valence-corrected chi connectivity index (χ2v) is 10.5. The van der Waals surface area contributed by atoms with E-state index in [1.807, 2.05) is 38.1 Å². The molecule has 3 aromatic heterocycles. The van der Waals surface area contributed by atoms with Crippen LogP contribution in [0.25, 0.3) is 34.1 Å². The van der Waals surface area contributed by atoms with E-state index < -0.39 is 18.6 Å². The SMILES string of the molecule is [2H]C([2H])([2H])c1ccnc(C(C)C)c1-n1c(=O)nc(N2CCN(C(=O)C=C)C[C@]2([2H])C)c2cc(Cl)c(-c3ccccc3C=C)nc21. The van der Waals surface area contributed by atoms with Crippen molar-refractivity contribution in [2.75, 3.05) is 24.5 Å². The van der Waals surface area contributed by atoms with Gasteiger partial charge in [0.1, 0.15) is 5.82 Å². The maximum atomic E-state index is 14.2. The first-order chi connectivity index (χ1) is 21.2. The number of aromatic nitrogens is 4. The van der Waals surface area contributed by atoms with Gasteiger partial charge in [-0.2, -0.15) is 4.98 Å². The molecule has 0 spiro atoms. The summed E-state index contributed by atoms with van der Waals surface area (Å²) < 4.78 is 35.3. The predicted molar refractivity (Wildman–Crippen MR) is 166 cm³/mol. The first-order valence-electron chi connectivity index (χ1n) is 15.2. The van der Waals surface area contributed by atoms with E-state index in [9.17, 15) is 11.0 Å². The van der Waals surface area contributed by atoms with E-state index in [0.717, 1.165) is 5.56 Å². The second-order valence-electron chi connectivity index (χ2n) is 10.1. The van der Waals surface area contributed by atoms with Gasteiger partial charge in [-0.15, -0.1) is 0 Å². The average molecular weight is 573 g/mol. The van der Waals surface area contributed by atoms with Crippen LogP contribution in [-0.4, -0.2) is 56.0 Å². The Hall–Kier alpha value is -4.30. The molecule has 1 atom stereocenters. The topological polar surface area (TPSA) is 84.2 Å². The summed E-state index contributed by atoms with van der Waals surface area (Å²) in [5.41, 5.74) is 1.45. The third-order valence-corrected chi connectivity index (χ3v) is 7.46. The predicted octanol–water partition coefficient (Wildman–Crippen LogP) is 5.79. The third kappa shape index (κ3) is 5.04. The van der Waals surface area contributed by atoms with E-state index in [1.54, 1.807) is 24.0 Å². The van der Waals surface area contributed by atoms with E-state index in [-0.39, 0.29) is 59.2 Å². The van der Waals surface area contributed by atoms with Crippen molar-refractivity contribution < 1.29 is 10.3 Å². The molecule has 0 bridgehead atoms. The number of anilines is 1. The molecule has 210 valence electrons. The highest BCUT2D eigenvalue weighted by Gasteiger charge is 2.30. The highest BCUT2D eigenvalue weighted by molar-refractivity contribution is 6.34. The summed E-state index contributed by atoms with van der Waals surface area (Å²) in [5, 5.41) is 0.583. The number of halogens is 1. The van der Waals surface area contributed by atoms with Gasteiger partial charge in [-0.25, -0.2) is 14.3 Å². The number of amides is 1. The number of benzene rings is 1. The Kier molecular flexibility index (Phi) is 6.45. The van der Waals surface area contributed by atoms with Crippen LogP contribution in [0.15, 0.2) is 66.6 Å². The summed E-state index contributed by atoms with van der Waals surface area (Å²) in [7, 11) is 0. The van der Waals surface area contributed by atoms with Crippen LogP contribution in [-0.2, 0) is 4.79 Å². The van der Waals surface area contributed by atoms with E-state index >= 15 is 0 Å². The molecule has 0 aliphatic carbocycles. The normalized spacial score (nSPS) is 19.0. The number of carbonyl (C=O) groups excluding carboxylic acids is 1. The molecule has 0 saturated carbocycles. The third-order valence-electron chi connectivity index (χ3n) is 7.18. The van der Waals surface area contributed by atoms with Crippen molar-refractivity contribution in [2.24, 2.45) is 0 Å². The van der Waals surface area contributed by atoms with Gasteiger partial charge in [0.2, 0.25) is 5.91 Å². The van der Waals surface area contributed by atoms with Gasteiger partial charge in [-0.05, 0) is 49.0 Å². The van der Waals surface area contributed by atoms with E-state index in [1.165, 1.54) is 27.8 Å². The molecule has 4 aromatic rings. The fraction of sp³-hybridized carbons (Fsp3) is 0.281. The number of rotatable bonds is 6. The Balaban J connectivity index is 1.90. The number of hydrogen-bond donors (Lipinski definition) is 0. The zero-order valence-corrected chi connectivity index (χ0v) is 23.9. The van der Waals surface area contributed by atoms with Crippen LogP contribution in [0.1, 0.15) is 49.0 Å². The molecule has 0 radical (unpaired) electrons. The largest absolute Gasteiger partial charge is 0.355 e. The fourth-order valence-corrected chi connectivity index (χ4v) is 5.43. The van der Waals surface area contributed by atoms with Gasteiger partial charge in [-0.3, -0.25) is 9.78 Å². The summed E-state index contributed by atoms with van der Waals surface area (Å²) in [6, 6.07) is 8.99. The molecule has 9 heteroatoms. The molecule has 0 unspecified atom stereocenters. The van der Waals surface area contributed by atoms with Crippen molar-refractivity contribution in [3.63, 3.8) is 0 Å². The van der Waals surface area contributed by atoms with Crippen LogP contribution in [0.2, 0.25) is 5.02 Å². The second kappa shape index (κ2) is 11.3. The molecule has 1 aliphatic heterocycles. The first-order valence-corrected chi connectivity index (χ1v) is 13.6. The Morgan fingerprint density at radius 2 is 2.00 bits per heavy atom. The summed E-state index contributed by atoms with van der Waals surface area (Å²) in [4.78, 5) is 43.6. The van der Waals surface area contributed by atoms with E-state index in [4.69, 9.17) is 20.7 Å². The maximum Gasteiger partial charge on any atom is 0.355 e. The highest BCUT2D eigenvalue weighted by atomic mass is 35.5. The molecular formula is C32H33ClN6O2. The standard InChI is InChI=1S/C32H33ClN6O2/c1-7-22-11-9-10-12-23(22)28-25(33)17-24-30(38-16-15-37(18-21(38)6)26(40)8-2)36-32(41)39(31(24)35-28)29-20(5)13-14-34-27(29)19(3)4/h7-14,17,19,21H,1-2,15-16,18H2,3-6H3/t21-/m0/s1/i5D3,21D. The lowest BCUT2D eigenvalue weighted by Gasteiger charge is -2.40. The Morgan fingerprint density at radius 1 is 1.22 bits per heavy atom. The van der Waals surface area contributed by atoms with Crippen LogP contribution < -0.4 is 10.6 Å². The van der Waals surface area contributed by atoms with Gasteiger partial charge < -0.3 is 9.80 Å². The summed E-state index contributed by atoms with van der Waals surface area (Å²) >= 11 is 6.91. The van der Waals surface area contributed by atoms with Crippen molar-refractivity contribution in [2.45, 2.75) is 39.6 Å². The Morgan fingerprint density at radius 3 is 2.68 bits per heavy atom. The number of piperazine rings is 1. The minimum Gasteiger partial charge on any atom is -0.350 e. The molecule has 8 nitrogen and oxygen atoms in total. The highest BCUT2D eigenvalue weighted by Crippen LogP contribution is 2.36. The zero-order chi connectivity index (χ0) is 32.8. The van der Waals surface area contributed by atoms with Gasteiger partial charge in [-0.1, -0.05) is 68.9 Å². The molecule has 1 fully saturated rings. The lowest BCUT2D eigenvalue weighted by Crippen LogP contribution is -2.54. The number of nitrogens with zero attached hydrogens (tertiary/aromatic N) is 6. The molecule has 4 heterocycles. The van der Waals surface area contributed by atoms with E-state index in [2.05, 4.69) is 23.1 Å². The molecule has 1 aromatic carbocycles. The Labute approximate surface area is 250 Å². The zero-order valence-electron chi connectivity index (χ0n) is 27.2. The van der Waals surface area contributed by atoms with Crippen LogP contribution in [0, 0.1) is 6.85 Å². The molecule has 5 rings (SSSR count). The quantitative estimate of drug-likeness (QED) is 0.272. The number of fused-ring (bicyclic) bond motifs is 1. The summed E-state index contributed by atoms with van der Waals surface area (Å²) in [6.07, 6.45) is 4.29. The number of hydrogen-bond acceptors (Lipinski definition) is 6. The summed E-state index contributed by atoms with van der Waals surface area (Å²) in [6.45, 7) is 10.7. The number of carbonyl (C=O) groups is 1. The van der Waals surface area contributed by atoms with Crippen LogP contribution in [0.5, 0.6) is 0 Å². The van der Waals surface area contributed by atoms with Crippen molar-refractivity contribution in [3.8, 4) is 16.9 Å². The molecule has 1 saturated heterocycles. The summed E-state index contributed by atoms with van der Waals surface area (Å²) in [5.74, 6) is -0.409. The minimum absolute atomic E-state index is 0.0271. The van der Waals surface area contributed by atoms with Crippen molar-refractivity contribution in [1.82, 2.24) is 24.4 Å². The monoisotopic (exact) mass is 572 g/mol. The van der Waals surface area contributed by atoms with Crippen LogP contribution in [0.4, 0.5) is 5.82 Å². The Bertz CT molecular complexity index is 1900. The minimum atomic E-state index is -2.59. The van der Waals surface area contributed by atoms with Crippen molar-refractivity contribution in [1.29, 1.82) is 0 Å². The molecule has 41 heavy (non-hydrogen) atoms. The molecule has 0 N–H and O–H groups in total. The fourth-order valence-electron chi connectivity index (χ4n) is 5.18. The lowest BCUT2D eigenvalue weighted by atomic mass is 10.0. The van der Waals surface area contributed by atoms with E-state index in [0.29, 0.717) is 22.3 Å². The number of pyridine rings is 2. The van der Waals surface area contributed by atoms with Gasteiger partial charge in [0.25, 0.3) is 0 Å². The van der Waals surface area contributed by atoms with Gasteiger partial charge >= 0.3 is 5.69 Å². The number of aryl methyl sites for hydroxylation is 1. The molecule has 1 aliphatic rings. The van der Waals surface area contributed by atoms with Crippen molar-refractivity contribution in [3.05, 3.63) is 94.2 Å².